The van der Waals surface area contributed by atoms with Gasteiger partial charge in [-0.3, -0.25) is 9.59 Å². The Labute approximate surface area is 206 Å². The topological polar surface area (TPSA) is 96.0 Å². The van der Waals surface area contributed by atoms with E-state index in [0.29, 0.717) is 17.2 Å². The van der Waals surface area contributed by atoms with Gasteiger partial charge >= 0.3 is 0 Å². The van der Waals surface area contributed by atoms with Crippen LogP contribution in [-0.4, -0.2) is 62.2 Å². The molecule has 0 aliphatic heterocycles. The van der Waals surface area contributed by atoms with E-state index < -0.39 is 28.5 Å². The van der Waals surface area contributed by atoms with Crippen molar-refractivity contribution in [3.63, 3.8) is 0 Å². The van der Waals surface area contributed by atoms with E-state index in [1.807, 2.05) is 26.8 Å². The van der Waals surface area contributed by atoms with Crippen molar-refractivity contribution < 1.29 is 22.7 Å². The molecule has 0 heterocycles. The zero-order chi connectivity index (χ0) is 25.5. The van der Waals surface area contributed by atoms with E-state index in [2.05, 4.69) is 5.32 Å². The Morgan fingerprint density at radius 1 is 1.12 bits per heavy atom. The second-order valence-electron chi connectivity index (χ2n) is 8.18. The Bertz CT molecular complexity index is 1090. The number of sulfonamides is 1. The summed E-state index contributed by atoms with van der Waals surface area (Å²) in [6.45, 7) is 5.18. The minimum atomic E-state index is -3.93. The first-order valence-corrected chi connectivity index (χ1v) is 12.8. The molecule has 0 fully saturated rings. The van der Waals surface area contributed by atoms with Gasteiger partial charge in [0, 0.05) is 24.7 Å². The smallest absolute Gasteiger partial charge is 0.243 e. The standard InChI is InChI=1S/C24H32ClN3O5S/c1-6-22(24(30)26-17(2)3)28(15-18-8-7-9-20(14-18)33-5)23(29)16-27(4)34(31,32)21-12-10-19(25)11-13-21/h7-14,17,22H,6,15-16H2,1-5H3,(H,26,30). The van der Waals surface area contributed by atoms with Crippen molar-refractivity contribution in [3.05, 3.63) is 59.1 Å². The van der Waals surface area contributed by atoms with Gasteiger partial charge in [-0.15, -0.1) is 0 Å². The maximum atomic E-state index is 13.4. The minimum absolute atomic E-state index is 0.0242. The summed E-state index contributed by atoms with van der Waals surface area (Å²) < 4.78 is 32.2. The first kappa shape index (κ1) is 27.6. The van der Waals surface area contributed by atoms with Crippen molar-refractivity contribution >= 4 is 33.4 Å². The molecule has 186 valence electrons. The fourth-order valence-electron chi connectivity index (χ4n) is 3.42. The Kier molecular flexibility index (Phi) is 9.90. The van der Waals surface area contributed by atoms with Crippen LogP contribution >= 0.6 is 11.6 Å². The SMILES string of the molecule is CCC(C(=O)NC(C)C)N(Cc1cccc(OC)c1)C(=O)CN(C)S(=O)(=O)c1ccc(Cl)cc1. The number of hydrogen-bond acceptors (Lipinski definition) is 5. The number of likely N-dealkylation sites (N-methyl/N-ethyl adjacent to an activating group) is 1. The average molecular weight is 510 g/mol. The molecule has 2 rings (SSSR count). The van der Waals surface area contributed by atoms with Gasteiger partial charge in [-0.05, 0) is 62.2 Å². The van der Waals surface area contributed by atoms with Gasteiger partial charge in [0.15, 0.2) is 0 Å². The van der Waals surface area contributed by atoms with Gasteiger partial charge in [0.05, 0.1) is 18.6 Å². The van der Waals surface area contributed by atoms with Gasteiger partial charge in [0.2, 0.25) is 21.8 Å². The molecular formula is C24H32ClN3O5S. The molecule has 10 heteroatoms. The van der Waals surface area contributed by atoms with Crippen molar-refractivity contribution in [1.82, 2.24) is 14.5 Å². The fraction of sp³-hybridized carbons (Fsp3) is 0.417. The first-order chi connectivity index (χ1) is 16.0. The van der Waals surface area contributed by atoms with Crippen molar-refractivity contribution in [2.45, 2.75) is 50.7 Å². The number of nitrogens with zero attached hydrogens (tertiary/aromatic N) is 2. The molecule has 0 radical (unpaired) electrons. The molecule has 1 atom stereocenters. The van der Waals surface area contributed by atoms with Crippen LogP contribution in [0.15, 0.2) is 53.4 Å². The summed E-state index contributed by atoms with van der Waals surface area (Å²) in [5, 5.41) is 3.26. The molecule has 0 aliphatic rings. The number of halogens is 1. The number of methoxy groups -OCH3 is 1. The molecule has 1 unspecified atom stereocenters. The Hall–Kier alpha value is -2.62. The van der Waals surface area contributed by atoms with E-state index in [9.17, 15) is 18.0 Å². The Morgan fingerprint density at radius 2 is 1.76 bits per heavy atom. The number of amides is 2. The zero-order valence-electron chi connectivity index (χ0n) is 20.1. The van der Waals surface area contributed by atoms with Crippen molar-refractivity contribution in [1.29, 1.82) is 0 Å². The maximum absolute atomic E-state index is 13.4. The summed E-state index contributed by atoms with van der Waals surface area (Å²) >= 11 is 5.87. The van der Waals surface area contributed by atoms with Crippen LogP contribution in [0.5, 0.6) is 5.75 Å². The lowest BCUT2D eigenvalue weighted by Crippen LogP contribution is -2.52. The number of nitrogens with one attached hydrogen (secondary N) is 1. The van der Waals surface area contributed by atoms with Gasteiger partial charge < -0.3 is 15.0 Å². The molecule has 0 saturated heterocycles. The van der Waals surface area contributed by atoms with Crippen LogP contribution in [0.25, 0.3) is 0 Å². The van der Waals surface area contributed by atoms with Crippen LogP contribution in [-0.2, 0) is 26.2 Å². The summed E-state index contributed by atoms with van der Waals surface area (Å²) in [5.74, 6) is -0.169. The highest BCUT2D eigenvalue weighted by atomic mass is 35.5. The van der Waals surface area contributed by atoms with Crippen LogP contribution in [0, 0.1) is 0 Å². The van der Waals surface area contributed by atoms with Crippen LogP contribution < -0.4 is 10.1 Å². The third kappa shape index (κ3) is 7.19. The first-order valence-electron chi connectivity index (χ1n) is 10.9. The highest BCUT2D eigenvalue weighted by Gasteiger charge is 2.32. The second-order valence-corrected chi connectivity index (χ2v) is 10.7. The average Bonchev–Trinajstić information content (AvgIpc) is 2.78. The second kappa shape index (κ2) is 12.2. The molecule has 0 saturated carbocycles. The third-order valence-electron chi connectivity index (χ3n) is 5.18. The highest BCUT2D eigenvalue weighted by molar-refractivity contribution is 7.89. The number of carbonyl (C=O) groups is 2. The van der Waals surface area contributed by atoms with Crippen LogP contribution in [0.1, 0.15) is 32.8 Å². The molecule has 8 nitrogen and oxygen atoms in total. The monoisotopic (exact) mass is 509 g/mol. The Morgan fingerprint density at radius 3 is 2.32 bits per heavy atom. The zero-order valence-corrected chi connectivity index (χ0v) is 21.7. The van der Waals surface area contributed by atoms with Crippen molar-refractivity contribution in [2.24, 2.45) is 0 Å². The van der Waals surface area contributed by atoms with Crippen molar-refractivity contribution in [2.75, 3.05) is 20.7 Å². The largest absolute Gasteiger partial charge is 0.497 e. The van der Waals surface area contributed by atoms with Gasteiger partial charge in [0.25, 0.3) is 0 Å². The molecule has 2 aromatic rings. The summed E-state index contributed by atoms with van der Waals surface area (Å²) in [6.07, 6.45) is 0.363. The van der Waals surface area contributed by atoms with Crippen LogP contribution in [0.4, 0.5) is 0 Å². The predicted molar refractivity (Wildman–Crippen MR) is 132 cm³/mol. The summed E-state index contributed by atoms with van der Waals surface area (Å²) in [7, 11) is -1.05. The van der Waals surface area contributed by atoms with Crippen LogP contribution in [0.3, 0.4) is 0 Å². The van der Waals surface area contributed by atoms with Crippen molar-refractivity contribution in [3.8, 4) is 5.75 Å². The van der Waals surface area contributed by atoms with E-state index in [1.54, 1.807) is 25.3 Å². The van der Waals surface area contributed by atoms with Gasteiger partial charge in [-0.1, -0.05) is 30.7 Å². The number of hydrogen-bond donors (Lipinski definition) is 1. The molecule has 2 amide bonds. The predicted octanol–water partition coefficient (Wildman–Crippen LogP) is 3.30. The van der Waals surface area contributed by atoms with E-state index in [-0.39, 0.29) is 23.4 Å². The quantitative estimate of drug-likeness (QED) is 0.501. The van der Waals surface area contributed by atoms with Crippen LogP contribution in [0.2, 0.25) is 5.02 Å². The summed E-state index contributed by atoms with van der Waals surface area (Å²) in [4.78, 5) is 27.8. The minimum Gasteiger partial charge on any atom is -0.497 e. The molecule has 0 aromatic heterocycles. The molecule has 0 bridgehead atoms. The number of ether oxygens (including phenoxy) is 1. The van der Waals surface area contributed by atoms with Gasteiger partial charge in [-0.2, -0.15) is 4.31 Å². The lowest BCUT2D eigenvalue weighted by Gasteiger charge is -2.32. The third-order valence-corrected chi connectivity index (χ3v) is 7.25. The highest BCUT2D eigenvalue weighted by Crippen LogP contribution is 2.20. The number of benzene rings is 2. The fourth-order valence-corrected chi connectivity index (χ4v) is 4.67. The molecule has 0 aliphatic carbocycles. The number of rotatable bonds is 11. The Balaban J connectivity index is 2.34. The number of carbonyl (C=O) groups excluding carboxylic acids is 2. The summed E-state index contributed by atoms with van der Waals surface area (Å²) in [5.41, 5.74) is 0.756. The van der Waals surface area contributed by atoms with E-state index in [1.165, 1.54) is 36.2 Å². The molecule has 34 heavy (non-hydrogen) atoms. The molecule has 1 N–H and O–H groups in total. The molecule has 0 spiro atoms. The maximum Gasteiger partial charge on any atom is 0.243 e. The normalized spacial score (nSPS) is 12.5. The lowest BCUT2D eigenvalue weighted by molar-refractivity contribution is -0.141. The van der Waals surface area contributed by atoms with E-state index >= 15 is 0 Å². The van der Waals surface area contributed by atoms with Gasteiger partial charge in [-0.25, -0.2) is 8.42 Å². The molecule has 2 aromatic carbocycles. The van der Waals surface area contributed by atoms with Gasteiger partial charge in [0.1, 0.15) is 11.8 Å². The van der Waals surface area contributed by atoms with E-state index in [4.69, 9.17) is 16.3 Å². The van der Waals surface area contributed by atoms with E-state index in [0.717, 1.165) is 9.87 Å². The summed E-state index contributed by atoms with van der Waals surface area (Å²) in [6, 6.07) is 12.0. The lowest BCUT2D eigenvalue weighted by atomic mass is 10.1. The molecular weight excluding hydrogens is 478 g/mol.